The van der Waals surface area contributed by atoms with Crippen LogP contribution in [0.4, 0.5) is 11.6 Å². The number of nitrogens with one attached hydrogen (secondary N) is 2. The highest BCUT2D eigenvalue weighted by Gasteiger charge is 2.24. The fraction of sp³-hybridized carbons (Fsp3) is 0.130. The van der Waals surface area contributed by atoms with Gasteiger partial charge in [0.05, 0.1) is 17.9 Å². The number of nitrogens with zero attached hydrogens (tertiary/aromatic N) is 7. The molecule has 2 N–H and O–H groups in total. The van der Waals surface area contributed by atoms with Gasteiger partial charge in [-0.3, -0.25) is 9.78 Å². The zero-order valence-electron chi connectivity index (χ0n) is 17.5. The van der Waals surface area contributed by atoms with Gasteiger partial charge in [0.15, 0.2) is 5.82 Å². The number of rotatable bonds is 4. The Morgan fingerprint density at radius 1 is 1.00 bits per heavy atom. The Balaban J connectivity index is 1.22. The third-order valence-electron chi connectivity index (χ3n) is 5.62. The summed E-state index contributed by atoms with van der Waals surface area (Å²) < 4.78 is 1.97. The minimum Gasteiger partial charge on any atom is -0.351 e. The Labute approximate surface area is 188 Å². The Hall–Kier alpha value is -4.60. The van der Waals surface area contributed by atoms with E-state index in [4.69, 9.17) is 0 Å². The molecule has 1 aliphatic heterocycles. The number of benzene rings is 1. The maximum absolute atomic E-state index is 13.0. The highest BCUT2D eigenvalue weighted by Crippen LogP contribution is 2.24. The van der Waals surface area contributed by atoms with Crippen molar-refractivity contribution in [2.45, 2.75) is 13.1 Å². The molecule has 4 aromatic heterocycles. The highest BCUT2D eigenvalue weighted by molar-refractivity contribution is 5.98. The van der Waals surface area contributed by atoms with Crippen LogP contribution in [0.1, 0.15) is 16.3 Å². The number of pyridine rings is 1. The predicted octanol–water partition coefficient (Wildman–Crippen LogP) is 3.01. The third kappa shape index (κ3) is 3.67. The Kier molecular flexibility index (Phi) is 4.53. The molecule has 0 fully saturated rings. The van der Waals surface area contributed by atoms with Crippen LogP contribution >= 0.6 is 0 Å². The molecule has 0 aliphatic carbocycles. The predicted molar refractivity (Wildman–Crippen MR) is 122 cm³/mol. The van der Waals surface area contributed by atoms with Gasteiger partial charge in [-0.1, -0.05) is 6.07 Å². The standard InChI is InChI=1S/C23H19N9O/c33-22(31-9-10-32-14-26-30-21(32)13-31)20-12-15-11-16(4-5-17(15)28-20)27-23-25-8-6-19(29-23)18-3-1-2-7-24-18/h1-8,11-12,14,28H,9-10,13H2,(H,25,27,29). The van der Waals surface area contributed by atoms with Gasteiger partial charge in [0.1, 0.15) is 12.0 Å². The van der Waals surface area contributed by atoms with Crippen molar-refractivity contribution in [1.82, 2.24) is 39.6 Å². The van der Waals surface area contributed by atoms with Gasteiger partial charge in [0, 0.05) is 42.1 Å². The van der Waals surface area contributed by atoms with E-state index in [-0.39, 0.29) is 5.91 Å². The van der Waals surface area contributed by atoms with Gasteiger partial charge in [0.25, 0.3) is 5.91 Å². The highest BCUT2D eigenvalue weighted by atomic mass is 16.2. The van der Waals surface area contributed by atoms with Crippen LogP contribution in [0, 0.1) is 0 Å². The maximum Gasteiger partial charge on any atom is 0.270 e. The second-order valence-corrected chi connectivity index (χ2v) is 7.76. The number of carbonyl (C=O) groups is 1. The molecule has 1 amide bonds. The third-order valence-corrected chi connectivity index (χ3v) is 5.62. The van der Waals surface area contributed by atoms with Crippen molar-refractivity contribution >= 4 is 28.4 Å². The van der Waals surface area contributed by atoms with Crippen molar-refractivity contribution in [1.29, 1.82) is 0 Å². The van der Waals surface area contributed by atoms with Gasteiger partial charge in [-0.25, -0.2) is 9.97 Å². The summed E-state index contributed by atoms with van der Waals surface area (Å²) in [6.07, 6.45) is 5.13. The van der Waals surface area contributed by atoms with Gasteiger partial charge < -0.3 is 19.8 Å². The molecule has 0 saturated carbocycles. The van der Waals surface area contributed by atoms with E-state index < -0.39 is 0 Å². The lowest BCUT2D eigenvalue weighted by Crippen LogP contribution is -2.38. The number of aromatic nitrogens is 7. The second-order valence-electron chi connectivity index (χ2n) is 7.76. The van der Waals surface area contributed by atoms with E-state index >= 15 is 0 Å². The molecule has 0 atom stereocenters. The minimum absolute atomic E-state index is 0.0543. The van der Waals surface area contributed by atoms with Crippen LogP contribution in [0.2, 0.25) is 0 Å². The van der Waals surface area contributed by atoms with Crippen molar-refractivity contribution in [3.05, 3.63) is 78.8 Å². The Morgan fingerprint density at radius 2 is 1.97 bits per heavy atom. The SMILES string of the molecule is O=C(c1cc2cc(Nc3nccc(-c4ccccn4)n3)ccc2[nH]1)N1CCn2cnnc2C1. The second kappa shape index (κ2) is 7.83. The summed E-state index contributed by atoms with van der Waals surface area (Å²) >= 11 is 0. The normalized spacial score (nSPS) is 13.2. The largest absolute Gasteiger partial charge is 0.351 e. The number of aromatic amines is 1. The number of hydrogen-bond donors (Lipinski definition) is 2. The van der Waals surface area contributed by atoms with E-state index in [0.717, 1.165) is 33.8 Å². The minimum atomic E-state index is -0.0543. The molecule has 1 aliphatic rings. The summed E-state index contributed by atoms with van der Waals surface area (Å²) in [7, 11) is 0. The maximum atomic E-state index is 13.0. The number of amides is 1. The smallest absolute Gasteiger partial charge is 0.270 e. The molecular formula is C23H19N9O. The molecule has 0 spiro atoms. The van der Waals surface area contributed by atoms with Crippen LogP contribution in [0.3, 0.4) is 0 Å². The molecule has 0 radical (unpaired) electrons. The van der Waals surface area contributed by atoms with Crippen LogP contribution in [0.5, 0.6) is 0 Å². The fourth-order valence-electron chi connectivity index (χ4n) is 3.94. The molecule has 0 bridgehead atoms. The van der Waals surface area contributed by atoms with Crippen molar-refractivity contribution in [2.75, 3.05) is 11.9 Å². The summed E-state index contributed by atoms with van der Waals surface area (Å²) in [6, 6.07) is 15.2. The molecular weight excluding hydrogens is 418 g/mol. The van der Waals surface area contributed by atoms with Crippen LogP contribution in [0.25, 0.3) is 22.3 Å². The van der Waals surface area contributed by atoms with Crippen molar-refractivity contribution in [3.8, 4) is 11.4 Å². The average molecular weight is 437 g/mol. The van der Waals surface area contributed by atoms with Gasteiger partial charge in [0.2, 0.25) is 5.95 Å². The van der Waals surface area contributed by atoms with E-state index in [1.807, 2.05) is 53.1 Å². The number of hydrogen-bond acceptors (Lipinski definition) is 7. The van der Waals surface area contributed by atoms with Gasteiger partial charge in [-0.05, 0) is 42.5 Å². The molecule has 5 heterocycles. The van der Waals surface area contributed by atoms with Crippen LogP contribution in [-0.4, -0.2) is 52.1 Å². The summed E-state index contributed by atoms with van der Waals surface area (Å²) in [5.74, 6) is 1.22. The summed E-state index contributed by atoms with van der Waals surface area (Å²) in [4.78, 5) is 31.3. The monoisotopic (exact) mass is 437 g/mol. The molecule has 5 aromatic rings. The molecule has 10 nitrogen and oxygen atoms in total. The molecule has 33 heavy (non-hydrogen) atoms. The van der Waals surface area contributed by atoms with Crippen LogP contribution in [-0.2, 0) is 13.1 Å². The summed E-state index contributed by atoms with van der Waals surface area (Å²) in [5, 5.41) is 12.2. The van der Waals surface area contributed by atoms with E-state index in [2.05, 4.69) is 35.5 Å². The summed E-state index contributed by atoms with van der Waals surface area (Å²) in [6.45, 7) is 1.76. The Morgan fingerprint density at radius 3 is 2.88 bits per heavy atom. The number of fused-ring (bicyclic) bond motifs is 2. The molecule has 6 rings (SSSR count). The molecule has 1 aromatic carbocycles. The van der Waals surface area contributed by atoms with E-state index in [9.17, 15) is 4.79 Å². The first kappa shape index (κ1) is 19.1. The zero-order chi connectivity index (χ0) is 22.2. The topological polar surface area (TPSA) is 118 Å². The van der Waals surface area contributed by atoms with E-state index in [1.54, 1.807) is 23.6 Å². The van der Waals surface area contributed by atoms with Crippen molar-refractivity contribution in [2.24, 2.45) is 0 Å². The lowest BCUT2D eigenvalue weighted by atomic mass is 10.2. The zero-order valence-corrected chi connectivity index (χ0v) is 17.5. The number of carbonyl (C=O) groups excluding carboxylic acids is 1. The first-order valence-electron chi connectivity index (χ1n) is 10.5. The number of H-pyrrole nitrogens is 1. The molecule has 0 saturated heterocycles. The first-order valence-corrected chi connectivity index (χ1v) is 10.5. The van der Waals surface area contributed by atoms with Crippen LogP contribution < -0.4 is 5.32 Å². The van der Waals surface area contributed by atoms with Crippen LogP contribution in [0.15, 0.2) is 67.3 Å². The first-order chi connectivity index (χ1) is 16.2. The van der Waals surface area contributed by atoms with Gasteiger partial charge >= 0.3 is 0 Å². The lowest BCUT2D eigenvalue weighted by molar-refractivity contribution is 0.0702. The van der Waals surface area contributed by atoms with Crippen molar-refractivity contribution < 1.29 is 4.79 Å². The van der Waals surface area contributed by atoms with E-state index in [0.29, 0.717) is 31.3 Å². The summed E-state index contributed by atoms with van der Waals surface area (Å²) in [5.41, 5.74) is 3.77. The molecule has 10 heteroatoms. The lowest BCUT2D eigenvalue weighted by Gasteiger charge is -2.26. The fourth-order valence-corrected chi connectivity index (χ4v) is 3.94. The Bertz CT molecular complexity index is 1460. The molecule has 162 valence electrons. The molecule has 0 unspecified atom stereocenters. The number of anilines is 2. The van der Waals surface area contributed by atoms with E-state index in [1.165, 1.54) is 0 Å². The average Bonchev–Trinajstić information content (AvgIpc) is 3.50. The van der Waals surface area contributed by atoms with Gasteiger partial charge in [-0.2, -0.15) is 0 Å². The van der Waals surface area contributed by atoms with Crippen molar-refractivity contribution in [3.63, 3.8) is 0 Å². The quantitative estimate of drug-likeness (QED) is 0.444. The van der Waals surface area contributed by atoms with Gasteiger partial charge in [-0.15, -0.1) is 10.2 Å².